The van der Waals surface area contributed by atoms with Gasteiger partial charge >= 0.3 is 0 Å². The average molecular weight is 233 g/mol. The molecule has 0 atom stereocenters. The van der Waals surface area contributed by atoms with Crippen molar-refractivity contribution >= 4 is 11.6 Å². The Hall–Kier alpha value is -1.58. The van der Waals surface area contributed by atoms with Crippen LogP contribution in [-0.2, 0) is 0 Å². The van der Waals surface area contributed by atoms with Gasteiger partial charge in [-0.2, -0.15) is 0 Å². The topological polar surface area (TPSA) is 54.0 Å². The second-order valence-electron chi connectivity index (χ2n) is 4.46. The molecular formula is C13H19N3O. The molecule has 0 radical (unpaired) electrons. The summed E-state index contributed by atoms with van der Waals surface area (Å²) in [7, 11) is 0. The number of pyridine rings is 1. The molecule has 1 aromatic rings. The van der Waals surface area contributed by atoms with E-state index < -0.39 is 0 Å². The summed E-state index contributed by atoms with van der Waals surface area (Å²) >= 11 is 0. The molecule has 1 aromatic heterocycles. The molecular weight excluding hydrogens is 214 g/mol. The Labute approximate surface area is 102 Å². The van der Waals surface area contributed by atoms with E-state index in [0.29, 0.717) is 11.5 Å². The molecule has 0 unspecified atom stereocenters. The van der Waals surface area contributed by atoms with Crippen molar-refractivity contribution in [1.29, 1.82) is 0 Å². The molecule has 92 valence electrons. The molecule has 1 aliphatic carbocycles. The van der Waals surface area contributed by atoms with Crippen molar-refractivity contribution < 1.29 is 4.79 Å². The average Bonchev–Trinajstić information content (AvgIpc) is 2.28. The highest BCUT2D eigenvalue weighted by molar-refractivity contribution is 5.99. The van der Waals surface area contributed by atoms with Gasteiger partial charge < -0.3 is 10.6 Å². The Kier molecular flexibility index (Phi) is 3.96. The SMILES string of the molecule is CCNc1ccncc1C(=O)NCC1CCC1. The van der Waals surface area contributed by atoms with E-state index in [1.54, 1.807) is 12.4 Å². The van der Waals surface area contributed by atoms with Gasteiger partial charge in [-0.25, -0.2) is 0 Å². The summed E-state index contributed by atoms with van der Waals surface area (Å²) in [6, 6.07) is 1.84. The number of hydrogen-bond donors (Lipinski definition) is 2. The predicted octanol–water partition coefficient (Wildman–Crippen LogP) is 2.04. The quantitative estimate of drug-likeness (QED) is 0.818. The highest BCUT2D eigenvalue weighted by Crippen LogP contribution is 2.25. The van der Waals surface area contributed by atoms with Crippen LogP contribution >= 0.6 is 0 Å². The highest BCUT2D eigenvalue weighted by Gasteiger charge is 2.19. The van der Waals surface area contributed by atoms with Gasteiger partial charge in [-0.05, 0) is 31.7 Å². The van der Waals surface area contributed by atoms with Crippen LogP contribution in [-0.4, -0.2) is 24.0 Å². The van der Waals surface area contributed by atoms with Gasteiger partial charge in [0.2, 0.25) is 0 Å². The molecule has 0 aliphatic heterocycles. The van der Waals surface area contributed by atoms with Gasteiger partial charge in [-0.1, -0.05) is 6.42 Å². The van der Waals surface area contributed by atoms with Gasteiger partial charge in [0.25, 0.3) is 5.91 Å². The number of rotatable bonds is 5. The lowest BCUT2D eigenvalue weighted by Crippen LogP contribution is -2.32. The van der Waals surface area contributed by atoms with Crippen LogP contribution in [0.3, 0.4) is 0 Å². The summed E-state index contributed by atoms with van der Waals surface area (Å²) in [5, 5.41) is 6.15. The first-order chi connectivity index (χ1) is 8.31. The van der Waals surface area contributed by atoms with E-state index in [0.717, 1.165) is 18.8 Å². The Morgan fingerprint density at radius 3 is 3.00 bits per heavy atom. The molecule has 17 heavy (non-hydrogen) atoms. The van der Waals surface area contributed by atoms with Crippen molar-refractivity contribution in [3.05, 3.63) is 24.0 Å². The van der Waals surface area contributed by atoms with Gasteiger partial charge in [0.1, 0.15) is 0 Å². The summed E-state index contributed by atoms with van der Waals surface area (Å²) in [4.78, 5) is 16.0. The molecule has 4 heteroatoms. The van der Waals surface area contributed by atoms with E-state index in [4.69, 9.17) is 0 Å². The fourth-order valence-corrected chi connectivity index (χ4v) is 1.95. The standard InChI is InChI=1S/C13H19N3O/c1-2-15-12-6-7-14-9-11(12)13(17)16-8-10-4-3-5-10/h6-7,9-10H,2-5,8H2,1H3,(H,14,15)(H,16,17). The fourth-order valence-electron chi connectivity index (χ4n) is 1.95. The maximum absolute atomic E-state index is 12.0. The Balaban J connectivity index is 1.96. The van der Waals surface area contributed by atoms with Crippen LogP contribution in [0.5, 0.6) is 0 Å². The van der Waals surface area contributed by atoms with Crippen molar-refractivity contribution in [3.8, 4) is 0 Å². The number of nitrogens with zero attached hydrogens (tertiary/aromatic N) is 1. The van der Waals surface area contributed by atoms with Gasteiger partial charge in [0, 0.05) is 25.5 Å². The summed E-state index contributed by atoms with van der Waals surface area (Å²) in [5.41, 5.74) is 1.49. The summed E-state index contributed by atoms with van der Waals surface area (Å²) in [6.45, 7) is 3.60. The van der Waals surface area contributed by atoms with Crippen LogP contribution < -0.4 is 10.6 Å². The summed E-state index contributed by atoms with van der Waals surface area (Å²) in [6.07, 6.45) is 7.10. The predicted molar refractivity (Wildman–Crippen MR) is 68.1 cm³/mol. The summed E-state index contributed by atoms with van der Waals surface area (Å²) in [5.74, 6) is 0.652. The molecule has 4 nitrogen and oxygen atoms in total. The first-order valence-electron chi connectivity index (χ1n) is 6.27. The van der Waals surface area contributed by atoms with Crippen molar-refractivity contribution in [2.45, 2.75) is 26.2 Å². The monoisotopic (exact) mass is 233 g/mol. The van der Waals surface area contributed by atoms with E-state index in [1.165, 1.54) is 19.3 Å². The third-order valence-electron chi connectivity index (χ3n) is 3.21. The molecule has 0 bridgehead atoms. The minimum Gasteiger partial charge on any atom is -0.385 e. The lowest BCUT2D eigenvalue weighted by Gasteiger charge is -2.25. The van der Waals surface area contributed by atoms with Crippen molar-refractivity contribution in [2.75, 3.05) is 18.4 Å². The largest absolute Gasteiger partial charge is 0.385 e. The van der Waals surface area contributed by atoms with Crippen LogP contribution in [0.15, 0.2) is 18.5 Å². The van der Waals surface area contributed by atoms with Gasteiger partial charge in [-0.15, -0.1) is 0 Å². The number of amides is 1. The number of hydrogen-bond acceptors (Lipinski definition) is 3. The maximum atomic E-state index is 12.0. The molecule has 2 N–H and O–H groups in total. The zero-order valence-electron chi connectivity index (χ0n) is 10.2. The van der Waals surface area contributed by atoms with E-state index in [2.05, 4.69) is 15.6 Å². The van der Waals surface area contributed by atoms with Crippen LogP contribution in [0, 0.1) is 5.92 Å². The summed E-state index contributed by atoms with van der Waals surface area (Å²) < 4.78 is 0. The first-order valence-corrected chi connectivity index (χ1v) is 6.27. The Morgan fingerprint density at radius 1 is 1.53 bits per heavy atom. The van der Waals surface area contributed by atoms with E-state index in [9.17, 15) is 4.79 Å². The van der Waals surface area contributed by atoms with Crippen LogP contribution in [0.1, 0.15) is 36.5 Å². The normalized spacial score (nSPS) is 15.1. The van der Waals surface area contributed by atoms with Crippen molar-refractivity contribution in [1.82, 2.24) is 10.3 Å². The van der Waals surface area contributed by atoms with Crippen LogP contribution in [0.4, 0.5) is 5.69 Å². The maximum Gasteiger partial charge on any atom is 0.254 e. The number of anilines is 1. The van der Waals surface area contributed by atoms with Crippen molar-refractivity contribution in [3.63, 3.8) is 0 Å². The third-order valence-corrected chi connectivity index (χ3v) is 3.21. The van der Waals surface area contributed by atoms with E-state index in [1.807, 2.05) is 13.0 Å². The smallest absolute Gasteiger partial charge is 0.254 e. The number of carbonyl (C=O) groups is 1. The lowest BCUT2D eigenvalue weighted by atomic mass is 9.85. The van der Waals surface area contributed by atoms with Gasteiger partial charge in [0.05, 0.1) is 11.3 Å². The molecule has 1 amide bonds. The van der Waals surface area contributed by atoms with Crippen molar-refractivity contribution in [2.24, 2.45) is 5.92 Å². The number of nitrogens with one attached hydrogen (secondary N) is 2. The van der Waals surface area contributed by atoms with E-state index >= 15 is 0 Å². The van der Waals surface area contributed by atoms with E-state index in [-0.39, 0.29) is 5.91 Å². The van der Waals surface area contributed by atoms with Crippen LogP contribution in [0.2, 0.25) is 0 Å². The molecule has 1 fully saturated rings. The number of aromatic nitrogens is 1. The second kappa shape index (κ2) is 5.66. The second-order valence-corrected chi connectivity index (χ2v) is 4.46. The highest BCUT2D eigenvalue weighted by atomic mass is 16.1. The third kappa shape index (κ3) is 2.96. The number of carbonyl (C=O) groups excluding carboxylic acids is 1. The minimum atomic E-state index is -0.0269. The Morgan fingerprint density at radius 2 is 2.35 bits per heavy atom. The van der Waals surface area contributed by atoms with Crippen LogP contribution in [0.25, 0.3) is 0 Å². The molecule has 1 aliphatic rings. The van der Waals surface area contributed by atoms with Gasteiger partial charge in [-0.3, -0.25) is 9.78 Å². The zero-order valence-corrected chi connectivity index (χ0v) is 10.2. The minimum absolute atomic E-state index is 0.0269. The molecule has 2 rings (SSSR count). The molecule has 1 heterocycles. The lowest BCUT2D eigenvalue weighted by molar-refractivity contribution is 0.0939. The molecule has 0 saturated heterocycles. The zero-order chi connectivity index (χ0) is 12.1. The fraction of sp³-hybridized carbons (Fsp3) is 0.538. The van der Waals surface area contributed by atoms with Gasteiger partial charge in [0.15, 0.2) is 0 Å². The molecule has 0 aromatic carbocycles. The first kappa shape index (κ1) is 11.9. The molecule has 1 saturated carbocycles. The molecule has 0 spiro atoms. The Bertz CT molecular complexity index is 388.